The Balaban J connectivity index is 1.12. The van der Waals surface area contributed by atoms with E-state index in [9.17, 15) is 0 Å². The normalized spacial score (nSPS) is 14.0. The number of aromatic nitrogens is 2. The van der Waals surface area contributed by atoms with Gasteiger partial charge in [0.15, 0.2) is 0 Å². The van der Waals surface area contributed by atoms with Crippen LogP contribution in [0.3, 0.4) is 0 Å². The average Bonchev–Trinajstić information content (AvgIpc) is 3.89. The van der Waals surface area contributed by atoms with E-state index in [1.807, 2.05) is 0 Å². The van der Waals surface area contributed by atoms with Gasteiger partial charge in [-0.05, 0) is 83.4 Å². The molecule has 0 bridgehead atoms. The molecule has 0 saturated carbocycles. The SMILES string of the molecule is c1ccc(C2Nc3ccccc3N2c2ccc(-c3cc(-n4c5ccccc5c5ccccc54)cc(-n4c5ccccc5c5ccccc54)c3)cc2)cc1. The lowest BCUT2D eigenvalue weighted by Gasteiger charge is -2.27. The van der Waals surface area contributed by atoms with Crippen LogP contribution >= 0.6 is 0 Å². The third-order valence-electron chi connectivity index (χ3n) is 10.9. The molecule has 1 unspecified atom stereocenters. The second-order valence-corrected chi connectivity index (χ2v) is 13.9. The van der Waals surface area contributed by atoms with E-state index >= 15 is 0 Å². The van der Waals surface area contributed by atoms with Gasteiger partial charge >= 0.3 is 0 Å². The molecule has 250 valence electrons. The molecule has 4 heteroatoms. The fourth-order valence-electron chi connectivity index (χ4n) is 8.55. The van der Waals surface area contributed by atoms with Crippen molar-refractivity contribution in [3.63, 3.8) is 0 Å². The molecule has 11 rings (SSSR count). The molecular formula is C49H34N4. The second-order valence-electron chi connectivity index (χ2n) is 13.9. The minimum atomic E-state index is -0.0000124. The van der Waals surface area contributed by atoms with Gasteiger partial charge < -0.3 is 19.4 Å². The zero-order chi connectivity index (χ0) is 34.9. The Labute approximate surface area is 307 Å². The van der Waals surface area contributed by atoms with Gasteiger partial charge in [-0.15, -0.1) is 0 Å². The molecule has 0 aliphatic carbocycles. The second kappa shape index (κ2) is 11.8. The minimum Gasteiger partial charge on any atom is -0.359 e. The smallest absolute Gasteiger partial charge is 0.130 e. The first-order valence-corrected chi connectivity index (χ1v) is 18.2. The fourth-order valence-corrected chi connectivity index (χ4v) is 8.55. The predicted octanol–water partition coefficient (Wildman–Crippen LogP) is 12.8. The fraction of sp³-hybridized carbons (Fsp3) is 0.0204. The van der Waals surface area contributed by atoms with Crippen LogP contribution in [0.4, 0.5) is 17.1 Å². The highest BCUT2D eigenvalue weighted by atomic mass is 15.3. The summed E-state index contributed by atoms with van der Waals surface area (Å²) in [6, 6.07) is 70.4. The van der Waals surface area contributed by atoms with Crippen LogP contribution in [0.5, 0.6) is 0 Å². The van der Waals surface area contributed by atoms with E-state index in [1.54, 1.807) is 0 Å². The van der Waals surface area contributed by atoms with Crippen LogP contribution in [0.25, 0.3) is 66.1 Å². The maximum Gasteiger partial charge on any atom is 0.130 e. The predicted molar refractivity (Wildman–Crippen MR) is 222 cm³/mol. The summed E-state index contributed by atoms with van der Waals surface area (Å²) in [5, 5.41) is 8.78. The van der Waals surface area contributed by atoms with Crippen LogP contribution in [0.2, 0.25) is 0 Å². The number of hydrogen-bond donors (Lipinski definition) is 1. The molecule has 10 aromatic rings. The van der Waals surface area contributed by atoms with Crippen LogP contribution in [-0.2, 0) is 0 Å². The van der Waals surface area contributed by atoms with Gasteiger partial charge in [-0.25, -0.2) is 0 Å². The largest absolute Gasteiger partial charge is 0.359 e. The van der Waals surface area contributed by atoms with Crippen molar-refractivity contribution in [2.75, 3.05) is 10.2 Å². The van der Waals surface area contributed by atoms with Crippen molar-refractivity contribution in [1.82, 2.24) is 9.13 Å². The molecule has 1 N–H and O–H groups in total. The molecule has 53 heavy (non-hydrogen) atoms. The maximum absolute atomic E-state index is 3.77. The van der Waals surface area contributed by atoms with Gasteiger partial charge in [0.2, 0.25) is 0 Å². The molecule has 0 radical (unpaired) electrons. The molecule has 1 aliphatic heterocycles. The summed E-state index contributed by atoms with van der Waals surface area (Å²) < 4.78 is 4.86. The Hall–Kier alpha value is -7.04. The summed E-state index contributed by atoms with van der Waals surface area (Å²) in [6.07, 6.45) is -0.0000124. The van der Waals surface area contributed by atoms with Crippen molar-refractivity contribution >= 4 is 60.7 Å². The van der Waals surface area contributed by atoms with E-state index in [0.717, 1.165) is 33.9 Å². The summed E-state index contributed by atoms with van der Waals surface area (Å²) in [7, 11) is 0. The number of rotatable bonds is 5. The van der Waals surface area contributed by atoms with E-state index in [4.69, 9.17) is 0 Å². The van der Waals surface area contributed by atoms with Crippen molar-refractivity contribution in [3.8, 4) is 22.5 Å². The van der Waals surface area contributed by atoms with Crippen molar-refractivity contribution in [1.29, 1.82) is 0 Å². The van der Waals surface area contributed by atoms with E-state index in [0.29, 0.717) is 0 Å². The number of para-hydroxylation sites is 6. The maximum atomic E-state index is 3.77. The molecule has 8 aromatic carbocycles. The third-order valence-corrected chi connectivity index (χ3v) is 10.9. The molecule has 0 amide bonds. The van der Waals surface area contributed by atoms with E-state index in [1.165, 1.54) is 54.9 Å². The number of fused-ring (bicyclic) bond motifs is 7. The summed E-state index contributed by atoms with van der Waals surface area (Å²) in [4.78, 5) is 2.41. The summed E-state index contributed by atoms with van der Waals surface area (Å²) in [5.74, 6) is 0. The van der Waals surface area contributed by atoms with Gasteiger partial charge in [-0.2, -0.15) is 0 Å². The first-order chi connectivity index (χ1) is 26.3. The number of hydrogen-bond acceptors (Lipinski definition) is 2. The molecule has 4 nitrogen and oxygen atoms in total. The molecule has 0 fully saturated rings. The number of anilines is 3. The lowest BCUT2D eigenvalue weighted by molar-refractivity contribution is 0.828. The zero-order valence-corrected chi connectivity index (χ0v) is 28.9. The number of nitrogens with zero attached hydrogens (tertiary/aromatic N) is 3. The number of benzene rings is 8. The monoisotopic (exact) mass is 678 g/mol. The zero-order valence-electron chi connectivity index (χ0n) is 28.9. The quantitative estimate of drug-likeness (QED) is 0.196. The summed E-state index contributed by atoms with van der Waals surface area (Å²) >= 11 is 0. The van der Waals surface area contributed by atoms with Gasteiger partial charge in [0.05, 0.1) is 33.4 Å². The molecule has 2 aromatic heterocycles. The Morgan fingerprint density at radius 1 is 0.358 bits per heavy atom. The lowest BCUT2D eigenvalue weighted by Crippen LogP contribution is -2.23. The van der Waals surface area contributed by atoms with Gasteiger partial charge in [0, 0.05) is 38.6 Å². The highest BCUT2D eigenvalue weighted by Crippen LogP contribution is 2.46. The first kappa shape index (κ1) is 29.7. The van der Waals surface area contributed by atoms with Crippen molar-refractivity contribution < 1.29 is 0 Å². The van der Waals surface area contributed by atoms with Crippen molar-refractivity contribution in [2.24, 2.45) is 0 Å². The Morgan fingerprint density at radius 2 is 0.811 bits per heavy atom. The van der Waals surface area contributed by atoms with Crippen LogP contribution in [0.15, 0.2) is 194 Å². The van der Waals surface area contributed by atoms with Crippen LogP contribution < -0.4 is 10.2 Å². The van der Waals surface area contributed by atoms with Crippen molar-refractivity contribution in [2.45, 2.75) is 6.17 Å². The van der Waals surface area contributed by atoms with Crippen molar-refractivity contribution in [3.05, 3.63) is 200 Å². The lowest BCUT2D eigenvalue weighted by atomic mass is 10.0. The Morgan fingerprint density at radius 3 is 1.34 bits per heavy atom. The molecule has 1 aliphatic rings. The van der Waals surface area contributed by atoms with E-state index in [-0.39, 0.29) is 6.17 Å². The third kappa shape index (κ3) is 4.62. The molecule has 0 saturated heterocycles. The van der Waals surface area contributed by atoms with E-state index < -0.39 is 0 Å². The van der Waals surface area contributed by atoms with E-state index in [2.05, 4.69) is 213 Å². The molecular weight excluding hydrogens is 645 g/mol. The minimum absolute atomic E-state index is 0.0000124. The van der Waals surface area contributed by atoms with Crippen LogP contribution in [0, 0.1) is 0 Å². The van der Waals surface area contributed by atoms with Gasteiger partial charge in [0.25, 0.3) is 0 Å². The van der Waals surface area contributed by atoms with Gasteiger partial charge in [-0.3, -0.25) is 0 Å². The highest BCUT2D eigenvalue weighted by Gasteiger charge is 2.31. The highest BCUT2D eigenvalue weighted by molar-refractivity contribution is 6.10. The van der Waals surface area contributed by atoms with Gasteiger partial charge in [-0.1, -0.05) is 127 Å². The molecule has 3 heterocycles. The Kier molecular flexibility index (Phi) is 6.58. The first-order valence-electron chi connectivity index (χ1n) is 18.2. The summed E-state index contributed by atoms with van der Waals surface area (Å²) in [5.41, 5.74) is 14.0. The van der Waals surface area contributed by atoms with Gasteiger partial charge in [0.1, 0.15) is 6.17 Å². The van der Waals surface area contributed by atoms with Crippen LogP contribution in [-0.4, -0.2) is 9.13 Å². The summed E-state index contributed by atoms with van der Waals surface area (Å²) in [6.45, 7) is 0. The molecule has 1 atom stereocenters. The topological polar surface area (TPSA) is 25.1 Å². The number of nitrogens with one attached hydrogen (secondary N) is 1. The Bertz CT molecular complexity index is 2750. The standard InChI is InChI=1S/C49H34N4/c1-2-14-34(15-3-1)49-50-43-20-8-13-25-48(43)53(49)36-28-26-33(27-29-36)35-30-37(51-44-21-9-4-16-39(44)40-17-5-10-22-45(40)51)32-38(31-35)52-46-23-11-6-18-41(46)42-19-7-12-24-47(42)52/h1-32,49-50H. The molecule has 0 spiro atoms. The average molecular weight is 679 g/mol. The van der Waals surface area contributed by atoms with Crippen LogP contribution in [0.1, 0.15) is 11.7 Å².